The maximum atomic E-state index is 10.9. The zero-order valence-electron chi connectivity index (χ0n) is 8.50. The number of ether oxygens (including phenoxy) is 1. The fraction of sp³-hybridized carbons (Fsp3) is 0.889. The molecule has 78 valence electrons. The molecule has 0 radical (unpaired) electrons. The summed E-state index contributed by atoms with van der Waals surface area (Å²) in [5.41, 5.74) is -0.669. The average Bonchev–Trinajstić information content (AvgIpc) is 2.05. The van der Waals surface area contributed by atoms with E-state index in [0.717, 1.165) is 0 Å². The Balaban J connectivity index is 3.50. The molecule has 0 heterocycles. The van der Waals surface area contributed by atoms with E-state index in [9.17, 15) is 9.90 Å². The third-order valence-electron chi connectivity index (χ3n) is 1.70. The highest BCUT2D eigenvalue weighted by Gasteiger charge is 2.17. The van der Waals surface area contributed by atoms with Crippen LogP contribution in [0.25, 0.3) is 0 Å². The molecule has 0 bridgehead atoms. The van der Waals surface area contributed by atoms with Crippen molar-refractivity contribution in [1.29, 1.82) is 0 Å². The quantitative estimate of drug-likeness (QED) is 0.668. The molecule has 0 fully saturated rings. The molecule has 0 aromatic rings. The van der Waals surface area contributed by atoms with Crippen LogP contribution in [0, 0.1) is 0 Å². The summed E-state index contributed by atoms with van der Waals surface area (Å²) in [5.74, 6) is 0.686. The largest absolute Gasteiger partial charge is 0.465 e. The second kappa shape index (κ2) is 6.27. The molecule has 3 nitrogen and oxygen atoms in total. The number of carbonyl (C=O) groups excluding carboxylic acids is 1. The summed E-state index contributed by atoms with van der Waals surface area (Å²) in [6.07, 6.45) is 0.697. The molecule has 0 aliphatic carbocycles. The molecule has 1 atom stereocenters. The molecule has 0 aromatic heterocycles. The van der Waals surface area contributed by atoms with Gasteiger partial charge < -0.3 is 9.84 Å². The van der Waals surface area contributed by atoms with Crippen LogP contribution in [-0.4, -0.2) is 34.8 Å². The van der Waals surface area contributed by atoms with Crippen LogP contribution in [0.4, 0.5) is 0 Å². The maximum Gasteiger partial charge on any atom is 0.315 e. The van der Waals surface area contributed by atoms with Gasteiger partial charge >= 0.3 is 5.97 Å². The van der Waals surface area contributed by atoms with Crippen LogP contribution >= 0.6 is 11.8 Å². The maximum absolute atomic E-state index is 10.9. The summed E-state index contributed by atoms with van der Waals surface area (Å²) in [6, 6.07) is 0. The zero-order valence-corrected chi connectivity index (χ0v) is 9.32. The minimum Gasteiger partial charge on any atom is -0.465 e. The normalized spacial score (nSPS) is 15.1. The molecule has 0 aliphatic rings. The first kappa shape index (κ1) is 12.8. The van der Waals surface area contributed by atoms with E-state index in [1.807, 2.05) is 6.92 Å². The lowest BCUT2D eigenvalue weighted by molar-refractivity contribution is -0.139. The van der Waals surface area contributed by atoms with E-state index in [4.69, 9.17) is 4.74 Å². The molecule has 0 rings (SSSR count). The fourth-order valence-electron chi connectivity index (χ4n) is 0.659. The molecule has 13 heavy (non-hydrogen) atoms. The van der Waals surface area contributed by atoms with Gasteiger partial charge in [-0.25, -0.2) is 0 Å². The standard InChI is InChI=1S/C9H18O3S/c1-4-9(3,11)7-13-6-8(10)12-5-2/h11H,4-7H2,1-3H3. The molecule has 1 unspecified atom stereocenters. The first-order valence-electron chi connectivity index (χ1n) is 4.47. The topological polar surface area (TPSA) is 46.5 Å². The van der Waals surface area contributed by atoms with E-state index in [-0.39, 0.29) is 5.97 Å². The van der Waals surface area contributed by atoms with Crippen LogP contribution < -0.4 is 0 Å². The second-order valence-electron chi connectivity index (χ2n) is 3.15. The third-order valence-corrected chi connectivity index (χ3v) is 2.97. The van der Waals surface area contributed by atoms with Gasteiger partial charge in [-0.3, -0.25) is 4.79 Å². The van der Waals surface area contributed by atoms with Crippen molar-refractivity contribution < 1.29 is 14.6 Å². The summed E-state index contributed by atoms with van der Waals surface area (Å²) in [4.78, 5) is 10.9. The number of esters is 1. The molecule has 0 amide bonds. The smallest absolute Gasteiger partial charge is 0.315 e. The summed E-state index contributed by atoms with van der Waals surface area (Å²) in [5, 5.41) is 9.59. The third kappa shape index (κ3) is 6.90. The zero-order chi connectivity index (χ0) is 10.3. The number of thioether (sulfide) groups is 1. The Morgan fingerprint density at radius 2 is 2.15 bits per heavy atom. The van der Waals surface area contributed by atoms with Gasteiger partial charge in [0.25, 0.3) is 0 Å². The predicted molar refractivity (Wildman–Crippen MR) is 54.9 cm³/mol. The van der Waals surface area contributed by atoms with Crippen molar-refractivity contribution >= 4 is 17.7 Å². The van der Waals surface area contributed by atoms with E-state index >= 15 is 0 Å². The first-order valence-corrected chi connectivity index (χ1v) is 5.63. The van der Waals surface area contributed by atoms with Crippen molar-refractivity contribution in [2.24, 2.45) is 0 Å². The highest BCUT2D eigenvalue weighted by atomic mass is 32.2. The Labute approximate surface area is 83.9 Å². The second-order valence-corrected chi connectivity index (χ2v) is 4.13. The lowest BCUT2D eigenvalue weighted by atomic mass is 10.1. The highest BCUT2D eigenvalue weighted by molar-refractivity contribution is 8.00. The number of rotatable bonds is 6. The van der Waals surface area contributed by atoms with Crippen molar-refractivity contribution in [3.8, 4) is 0 Å². The van der Waals surface area contributed by atoms with Gasteiger partial charge in [0, 0.05) is 5.75 Å². The molecule has 4 heteroatoms. The molecule has 1 N–H and O–H groups in total. The van der Waals surface area contributed by atoms with Crippen LogP contribution in [0.3, 0.4) is 0 Å². The lowest BCUT2D eigenvalue weighted by Crippen LogP contribution is -2.26. The van der Waals surface area contributed by atoms with E-state index in [1.165, 1.54) is 11.8 Å². The summed E-state index contributed by atoms with van der Waals surface area (Å²) < 4.78 is 4.75. The predicted octanol–water partition coefficient (Wildman–Crippen LogP) is 1.44. The first-order chi connectivity index (χ1) is 6.02. The lowest BCUT2D eigenvalue weighted by Gasteiger charge is -2.19. The number of hydrogen-bond acceptors (Lipinski definition) is 4. The van der Waals surface area contributed by atoms with Crippen molar-refractivity contribution in [2.45, 2.75) is 32.8 Å². The average molecular weight is 206 g/mol. The molecule has 0 aromatic carbocycles. The molecule has 0 aliphatic heterocycles. The van der Waals surface area contributed by atoms with Gasteiger partial charge in [-0.2, -0.15) is 0 Å². The summed E-state index contributed by atoms with van der Waals surface area (Å²) >= 11 is 1.41. The number of carbonyl (C=O) groups is 1. The molecular weight excluding hydrogens is 188 g/mol. The van der Waals surface area contributed by atoms with Crippen molar-refractivity contribution in [3.63, 3.8) is 0 Å². The van der Waals surface area contributed by atoms with Gasteiger partial charge in [0.05, 0.1) is 18.0 Å². The molecular formula is C9H18O3S. The Morgan fingerprint density at radius 3 is 2.62 bits per heavy atom. The van der Waals surface area contributed by atoms with Crippen molar-refractivity contribution in [2.75, 3.05) is 18.1 Å². The SMILES string of the molecule is CCOC(=O)CSCC(C)(O)CC. The van der Waals surface area contributed by atoms with E-state index in [2.05, 4.69) is 0 Å². The van der Waals surface area contributed by atoms with E-state index < -0.39 is 5.60 Å². The van der Waals surface area contributed by atoms with Gasteiger partial charge in [-0.1, -0.05) is 6.92 Å². The van der Waals surface area contributed by atoms with Gasteiger partial charge in [-0.15, -0.1) is 11.8 Å². The Hall–Kier alpha value is -0.220. The molecule has 0 spiro atoms. The van der Waals surface area contributed by atoms with E-state index in [1.54, 1.807) is 13.8 Å². The highest BCUT2D eigenvalue weighted by Crippen LogP contribution is 2.16. The van der Waals surface area contributed by atoms with Crippen LogP contribution in [0.2, 0.25) is 0 Å². The van der Waals surface area contributed by atoms with Crippen LogP contribution in [0.5, 0.6) is 0 Å². The van der Waals surface area contributed by atoms with Crippen LogP contribution in [-0.2, 0) is 9.53 Å². The summed E-state index contributed by atoms with van der Waals surface area (Å²) in [6.45, 7) is 5.89. The van der Waals surface area contributed by atoms with Crippen LogP contribution in [0.1, 0.15) is 27.2 Å². The molecule has 0 saturated carbocycles. The monoisotopic (exact) mass is 206 g/mol. The minimum atomic E-state index is -0.669. The van der Waals surface area contributed by atoms with Gasteiger partial charge in [0.2, 0.25) is 0 Å². The number of aliphatic hydroxyl groups is 1. The Morgan fingerprint density at radius 1 is 1.54 bits per heavy atom. The van der Waals surface area contributed by atoms with Gasteiger partial charge in [0.1, 0.15) is 0 Å². The molecule has 0 saturated heterocycles. The Kier molecular flexibility index (Phi) is 6.16. The fourth-order valence-corrected chi connectivity index (χ4v) is 1.65. The number of hydrogen-bond donors (Lipinski definition) is 1. The van der Waals surface area contributed by atoms with Gasteiger partial charge in [-0.05, 0) is 20.3 Å². The Bertz CT molecular complexity index is 157. The van der Waals surface area contributed by atoms with Crippen LogP contribution in [0.15, 0.2) is 0 Å². The van der Waals surface area contributed by atoms with Crippen molar-refractivity contribution in [3.05, 3.63) is 0 Å². The van der Waals surface area contributed by atoms with Crippen molar-refractivity contribution in [1.82, 2.24) is 0 Å². The summed E-state index contributed by atoms with van der Waals surface area (Å²) in [7, 11) is 0. The van der Waals surface area contributed by atoms with E-state index in [0.29, 0.717) is 24.5 Å². The minimum absolute atomic E-state index is 0.209. The van der Waals surface area contributed by atoms with Gasteiger partial charge in [0.15, 0.2) is 0 Å².